The van der Waals surface area contributed by atoms with Gasteiger partial charge < -0.3 is 4.79 Å². The Bertz CT molecular complexity index is 333. The summed E-state index contributed by atoms with van der Waals surface area (Å²) in [6.07, 6.45) is 4.37. The third-order valence-electron chi connectivity index (χ3n) is 2.54. The van der Waals surface area contributed by atoms with Crippen LogP contribution in [0.4, 0.5) is 0 Å². The van der Waals surface area contributed by atoms with E-state index in [2.05, 4.69) is 10.9 Å². The van der Waals surface area contributed by atoms with Gasteiger partial charge in [0.05, 0.1) is 0 Å². The van der Waals surface area contributed by atoms with Crippen molar-refractivity contribution < 1.29 is 19.2 Å². The van der Waals surface area contributed by atoms with Crippen molar-refractivity contribution in [1.82, 2.24) is 16.3 Å². The lowest BCUT2D eigenvalue weighted by Gasteiger charge is -2.07. The number of unbranched alkanes of at least 4 members (excludes halogenated alkanes) is 3. The summed E-state index contributed by atoms with van der Waals surface area (Å²) in [5, 5.41) is 0. The fourth-order valence-corrected chi connectivity index (χ4v) is 1.42. The van der Waals surface area contributed by atoms with E-state index in [4.69, 9.17) is 5.84 Å². The minimum absolute atomic E-state index is 0.225. The first-order valence-electron chi connectivity index (χ1n) is 6.61. The number of carbonyl (C=O) groups is 4. The van der Waals surface area contributed by atoms with E-state index in [-0.39, 0.29) is 37.0 Å². The molecular formula is C12H22N4O4. The summed E-state index contributed by atoms with van der Waals surface area (Å²) < 4.78 is 0. The largest absolute Gasteiger partial charge is 0.303 e. The Hall–Kier alpha value is -1.96. The predicted octanol–water partition coefficient (Wildman–Crippen LogP) is -0.557. The van der Waals surface area contributed by atoms with Crippen LogP contribution in [0.15, 0.2) is 0 Å². The van der Waals surface area contributed by atoms with Gasteiger partial charge in [0.2, 0.25) is 17.7 Å². The third-order valence-corrected chi connectivity index (χ3v) is 2.54. The van der Waals surface area contributed by atoms with E-state index in [0.29, 0.717) is 32.1 Å². The smallest absolute Gasteiger partial charge is 0.238 e. The molecule has 20 heavy (non-hydrogen) atoms. The van der Waals surface area contributed by atoms with Crippen molar-refractivity contribution in [3.8, 4) is 0 Å². The van der Waals surface area contributed by atoms with Crippen molar-refractivity contribution in [2.45, 2.75) is 51.4 Å². The van der Waals surface area contributed by atoms with Gasteiger partial charge in [0.15, 0.2) is 0 Å². The minimum atomic E-state index is -0.306. The van der Waals surface area contributed by atoms with Gasteiger partial charge in [0.1, 0.15) is 6.29 Å². The maximum Gasteiger partial charge on any atom is 0.238 e. The van der Waals surface area contributed by atoms with E-state index in [9.17, 15) is 19.2 Å². The molecule has 114 valence electrons. The molecule has 8 heteroatoms. The topological polar surface area (TPSA) is 130 Å². The van der Waals surface area contributed by atoms with Crippen LogP contribution in [0, 0.1) is 0 Å². The molecule has 0 saturated carbocycles. The lowest BCUT2D eigenvalue weighted by Crippen LogP contribution is -2.41. The molecule has 0 aromatic carbocycles. The average molecular weight is 286 g/mol. The summed E-state index contributed by atoms with van der Waals surface area (Å²) in [6, 6.07) is 0. The molecule has 0 aliphatic rings. The second-order valence-electron chi connectivity index (χ2n) is 4.28. The summed E-state index contributed by atoms with van der Waals surface area (Å²) in [4.78, 5) is 43.5. The average Bonchev–Trinajstić information content (AvgIpc) is 2.45. The lowest BCUT2D eigenvalue weighted by molar-refractivity contribution is -0.129. The van der Waals surface area contributed by atoms with Gasteiger partial charge in [-0.15, -0.1) is 0 Å². The summed E-state index contributed by atoms with van der Waals surface area (Å²) in [6.45, 7) is 0. The zero-order chi connectivity index (χ0) is 15.2. The Kier molecular flexibility index (Phi) is 10.9. The van der Waals surface area contributed by atoms with Gasteiger partial charge >= 0.3 is 0 Å². The van der Waals surface area contributed by atoms with Crippen LogP contribution in [0.2, 0.25) is 0 Å². The summed E-state index contributed by atoms with van der Waals surface area (Å²) >= 11 is 0. The summed E-state index contributed by atoms with van der Waals surface area (Å²) in [5.74, 6) is 4.05. The number of nitrogens with two attached hydrogens (primary N) is 1. The number of nitrogens with one attached hydrogen (secondary N) is 3. The molecule has 0 fully saturated rings. The third kappa shape index (κ3) is 11.1. The van der Waals surface area contributed by atoms with Crippen LogP contribution in [0.3, 0.4) is 0 Å². The highest BCUT2D eigenvalue weighted by molar-refractivity contribution is 5.81. The second-order valence-corrected chi connectivity index (χ2v) is 4.28. The van der Waals surface area contributed by atoms with E-state index in [1.807, 2.05) is 5.43 Å². The number of aldehydes is 1. The van der Waals surface area contributed by atoms with Gasteiger partial charge in [-0.25, -0.2) is 5.84 Å². The van der Waals surface area contributed by atoms with Crippen molar-refractivity contribution in [3.63, 3.8) is 0 Å². The van der Waals surface area contributed by atoms with E-state index < -0.39 is 0 Å². The van der Waals surface area contributed by atoms with E-state index in [1.165, 1.54) is 0 Å². The summed E-state index contributed by atoms with van der Waals surface area (Å²) in [5.41, 5.74) is 6.59. The monoisotopic (exact) mass is 286 g/mol. The molecule has 0 saturated heterocycles. The molecule has 3 amide bonds. The van der Waals surface area contributed by atoms with Gasteiger partial charge in [-0.1, -0.05) is 0 Å². The lowest BCUT2D eigenvalue weighted by atomic mass is 10.2. The van der Waals surface area contributed by atoms with Crippen LogP contribution < -0.4 is 22.1 Å². The molecule has 0 aliphatic carbocycles. The highest BCUT2D eigenvalue weighted by atomic mass is 16.2. The minimum Gasteiger partial charge on any atom is -0.303 e. The Morgan fingerprint density at radius 1 is 0.800 bits per heavy atom. The Morgan fingerprint density at radius 2 is 1.25 bits per heavy atom. The van der Waals surface area contributed by atoms with E-state index >= 15 is 0 Å². The number of hydrogen-bond acceptors (Lipinski definition) is 5. The first-order valence-corrected chi connectivity index (χ1v) is 6.61. The van der Waals surface area contributed by atoms with Crippen molar-refractivity contribution in [2.75, 3.05) is 0 Å². The second kappa shape index (κ2) is 12.1. The van der Waals surface area contributed by atoms with Gasteiger partial charge in [0.25, 0.3) is 0 Å². The van der Waals surface area contributed by atoms with Gasteiger partial charge in [-0.3, -0.25) is 30.7 Å². The van der Waals surface area contributed by atoms with Crippen LogP contribution in [0.1, 0.15) is 51.4 Å². The van der Waals surface area contributed by atoms with Crippen molar-refractivity contribution >= 4 is 24.0 Å². The van der Waals surface area contributed by atoms with Gasteiger partial charge in [-0.2, -0.15) is 0 Å². The van der Waals surface area contributed by atoms with Gasteiger partial charge in [0, 0.05) is 25.7 Å². The van der Waals surface area contributed by atoms with Gasteiger partial charge in [-0.05, 0) is 25.7 Å². The maximum absolute atomic E-state index is 11.3. The predicted molar refractivity (Wildman–Crippen MR) is 71.6 cm³/mol. The maximum atomic E-state index is 11.3. The molecule has 0 unspecified atom stereocenters. The van der Waals surface area contributed by atoms with Crippen LogP contribution >= 0.6 is 0 Å². The quantitative estimate of drug-likeness (QED) is 0.141. The Labute approximate surface area is 117 Å². The van der Waals surface area contributed by atoms with Crippen LogP contribution in [0.5, 0.6) is 0 Å². The fraction of sp³-hybridized carbons (Fsp3) is 0.667. The molecule has 0 spiro atoms. The van der Waals surface area contributed by atoms with E-state index in [0.717, 1.165) is 6.29 Å². The zero-order valence-electron chi connectivity index (χ0n) is 11.4. The van der Waals surface area contributed by atoms with Crippen molar-refractivity contribution in [1.29, 1.82) is 0 Å². The molecule has 0 aliphatic heterocycles. The zero-order valence-corrected chi connectivity index (χ0v) is 11.4. The standard InChI is InChI=1S/C12H22N4O4/c13-14-10(18)6-3-4-8-12(20)16-15-11(19)7-2-1-5-9-17/h9H,1-8,13H2,(H,14,18)(H,15,19)(H,16,20). The van der Waals surface area contributed by atoms with Crippen LogP contribution in [-0.4, -0.2) is 24.0 Å². The molecule has 0 bridgehead atoms. The van der Waals surface area contributed by atoms with E-state index in [1.54, 1.807) is 0 Å². The Morgan fingerprint density at radius 3 is 1.70 bits per heavy atom. The molecule has 0 aromatic heterocycles. The number of rotatable bonds is 10. The van der Waals surface area contributed by atoms with Crippen LogP contribution in [0.25, 0.3) is 0 Å². The molecule has 0 aromatic rings. The van der Waals surface area contributed by atoms with Crippen LogP contribution in [-0.2, 0) is 19.2 Å². The number of carbonyl (C=O) groups excluding carboxylic acids is 4. The number of hydrazine groups is 2. The molecule has 5 N–H and O–H groups in total. The van der Waals surface area contributed by atoms with Crippen molar-refractivity contribution in [3.05, 3.63) is 0 Å². The molecule has 0 atom stereocenters. The molecule has 0 radical (unpaired) electrons. The SMILES string of the molecule is NNC(=O)CCCCC(=O)NNC(=O)CCCCC=O. The highest BCUT2D eigenvalue weighted by Crippen LogP contribution is 1.99. The number of hydrogen-bond donors (Lipinski definition) is 4. The number of amides is 3. The first kappa shape index (κ1) is 18.0. The normalized spacial score (nSPS) is 9.65. The molecule has 8 nitrogen and oxygen atoms in total. The molecular weight excluding hydrogens is 264 g/mol. The van der Waals surface area contributed by atoms with Crippen molar-refractivity contribution in [2.24, 2.45) is 5.84 Å². The highest BCUT2D eigenvalue weighted by Gasteiger charge is 2.05. The Balaban J connectivity index is 3.49. The summed E-state index contributed by atoms with van der Waals surface area (Å²) in [7, 11) is 0. The molecule has 0 rings (SSSR count). The molecule has 0 heterocycles. The fourth-order valence-electron chi connectivity index (χ4n) is 1.42. The first-order chi connectivity index (χ1) is 9.60.